The van der Waals surface area contributed by atoms with Gasteiger partial charge in [0.05, 0.1) is 12.4 Å². The zero-order valence-electron chi connectivity index (χ0n) is 9.24. The first-order valence-corrected chi connectivity index (χ1v) is 6.51. The van der Waals surface area contributed by atoms with Crippen molar-refractivity contribution in [2.24, 2.45) is 0 Å². The summed E-state index contributed by atoms with van der Waals surface area (Å²) in [5, 5.41) is 0. The van der Waals surface area contributed by atoms with Gasteiger partial charge < -0.3 is 15.2 Å². The van der Waals surface area contributed by atoms with Crippen LogP contribution in [0.4, 0.5) is 0 Å². The molecule has 4 nitrogen and oxygen atoms in total. The molecule has 1 aliphatic rings. The van der Waals surface area contributed by atoms with Crippen LogP contribution in [-0.4, -0.2) is 36.4 Å². The topological polar surface area (TPSA) is 63.2 Å². The van der Waals surface area contributed by atoms with E-state index in [4.69, 9.17) is 9.47 Å². The van der Waals surface area contributed by atoms with Gasteiger partial charge in [-0.1, -0.05) is 0 Å². The van der Waals surface area contributed by atoms with Crippen LogP contribution in [0.3, 0.4) is 0 Å². The summed E-state index contributed by atoms with van der Waals surface area (Å²) in [6.07, 6.45) is 3.46. The van der Waals surface area contributed by atoms with Crippen LogP contribution in [0.5, 0.6) is 0 Å². The van der Waals surface area contributed by atoms with Crippen molar-refractivity contribution in [3.63, 3.8) is 0 Å². The monoisotopic (exact) mass is 234 g/mol. The number of hydrogen-bond donors (Lipinski definition) is 1. The molecular formula is C10H20NO3S+. The molecule has 0 radical (unpaired) electrons. The molecule has 2 atom stereocenters. The number of hydrogen-bond acceptors (Lipinski definition) is 4. The first-order chi connectivity index (χ1) is 7.24. The van der Waals surface area contributed by atoms with Crippen LogP contribution in [0.2, 0.25) is 0 Å². The summed E-state index contributed by atoms with van der Waals surface area (Å²) in [6.45, 7) is 3.08. The van der Waals surface area contributed by atoms with Gasteiger partial charge in [-0.3, -0.25) is 0 Å². The van der Waals surface area contributed by atoms with Crippen LogP contribution >= 0.6 is 11.8 Å². The maximum atomic E-state index is 11.3. The predicted octanol–water partition coefficient (Wildman–Crippen LogP) is 0.420. The van der Waals surface area contributed by atoms with E-state index in [-0.39, 0.29) is 17.4 Å². The lowest BCUT2D eigenvalue weighted by atomic mass is 10.2. The molecule has 5 heteroatoms. The molecule has 0 aromatic rings. The molecule has 0 unspecified atom stereocenters. The first-order valence-electron chi connectivity index (χ1n) is 5.47. The Morgan fingerprint density at radius 1 is 1.67 bits per heavy atom. The van der Waals surface area contributed by atoms with Crippen molar-refractivity contribution in [3.8, 4) is 0 Å². The summed E-state index contributed by atoms with van der Waals surface area (Å²) < 4.78 is 10.4. The zero-order valence-corrected chi connectivity index (χ0v) is 10.1. The number of quaternary nitrogens is 1. The average molecular weight is 234 g/mol. The van der Waals surface area contributed by atoms with Gasteiger partial charge in [0, 0.05) is 6.61 Å². The Morgan fingerprint density at radius 2 is 2.47 bits per heavy atom. The summed E-state index contributed by atoms with van der Waals surface area (Å²) in [6, 6.07) is -0.277. The Morgan fingerprint density at radius 3 is 3.07 bits per heavy atom. The SMILES string of the molecule is CCOC(=O)[C@@H]([NH3+])CS[C@@H]1CCCCO1. The largest absolute Gasteiger partial charge is 0.462 e. The molecule has 0 aromatic heterocycles. The lowest BCUT2D eigenvalue weighted by Crippen LogP contribution is -2.66. The van der Waals surface area contributed by atoms with E-state index in [2.05, 4.69) is 5.73 Å². The van der Waals surface area contributed by atoms with Gasteiger partial charge in [-0.25, -0.2) is 4.79 Å². The minimum atomic E-state index is -0.277. The number of carbonyl (C=O) groups excluding carboxylic acids is 1. The van der Waals surface area contributed by atoms with E-state index in [1.807, 2.05) is 6.92 Å². The fourth-order valence-electron chi connectivity index (χ4n) is 1.39. The molecule has 1 saturated heterocycles. The highest BCUT2D eigenvalue weighted by molar-refractivity contribution is 7.99. The van der Waals surface area contributed by atoms with Crippen molar-refractivity contribution in [1.29, 1.82) is 0 Å². The van der Waals surface area contributed by atoms with Crippen molar-refractivity contribution in [1.82, 2.24) is 0 Å². The van der Waals surface area contributed by atoms with E-state index in [0.717, 1.165) is 19.4 Å². The van der Waals surface area contributed by atoms with Gasteiger partial charge in [-0.15, -0.1) is 11.8 Å². The number of carbonyl (C=O) groups is 1. The molecule has 0 aliphatic carbocycles. The number of rotatable bonds is 5. The molecule has 0 aromatic carbocycles. The summed E-state index contributed by atoms with van der Waals surface area (Å²) in [4.78, 5) is 11.3. The van der Waals surface area contributed by atoms with E-state index >= 15 is 0 Å². The molecule has 3 N–H and O–H groups in total. The van der Waals surface area contributed by atoms with Gasteiger partial charge in [0.25, 0.3) is 0 Å². The van der Waals surface area contributed by atoms with E-state index in [1.54, 1.807) is 11.8 Å². The molecule has 1 heterocycles. The van der Waals surface area contributed by atoms with Gasteiger partial charge in [0.1, 0.15) is 5.44 Å². The number of thioether (sulfide) groups is 1. The fourth-order valence-corrected chi connectivity index (χ4v) is 2.50. The van der Waals surface area contributed by atoms with E-state index in [0.29, 0.717) is 12.4 Å². The highest BCUT2D eigenvalue weighted by Crippen LogP contribution is 2.23. The lowest BCUT2D eigenvalue weighted by molar-refractivity contribution is -0.401. The second kappa shape index (κ2) is 7.09. The normalized spacial score (nSPS) is 23.5. The molecule has 1 aliphatic heterocycles. The fraction of sp³-hybridized carbons (Fsp3) is 0.900. The van der Waals surface area contributed by atoms with Crippen LogP contribution < -0.4 is 5.73 Å². The lowest BCUT2D eigenvalue weighted by Gasteiger charge is -2.22. The minimum absolute atomic E-state index is 0.208. The standard InChI is InChI=1S/C10H19NO3S/c1-2-13-10(12)8(11)7-15-9-5-3-4-6-14-9/h8-9H,2-7,11H2,1H3/p+1/t8-,9+/m0/s1. The Hall–Kier alpha value is -0.260. The van der Waals surface area contributed by atoms with Crippen molar-refractivity contribution in [2.75, 3.05) is 19.0 Å². The average Bonchev–Trinajstić information content (AvgIpc) is 2.27. The number of esters is 1. The summed E-state index contributed by atoms with van der Waals surface area (Å²) in [5.41, 5.74) is 4.04. The predicted molar refractivity (Wildman–Crippen MR) is 59.4 cm³/mol. The first kappa shape index (κ1) is 12.8. The quantitative estimate of drug-likeness (QED) is 0.700. The maximum Gasteiger partial charge on any atom is 0.365 e. The van der Waals surface area contributed by atoms with Gasteiger partial charge in [-0.2, -0.15) is 0 Å². The third-order valence-electron chi connectivity index (χ3n) is 2.24. The molecule has 0 spiro atoms. The van der Waals surface area contributed by atoms with Crippen molar-refractivity contribution in [2.45, 2.75) is 37.7 Å². The molecule has 0 saturated carbocycles. The Kier molecular flexibility index (Phi) is 6.05. The molecular weight excluding hydrogens is 214 g/mol. The highest BCUT2D eigenvalue weighted by Gasteiger charge is 2.22. The van der Waals surface area contributed by atoms with Crippen LogP contribution in [0.25, 0.3) is 0 Å². The van der Waals surface area contributed by atoms with Crippen LogP contribution in [-0.2, 0) is 14.3 Å². The second-order valence-corrected chi connectivity index (χ2v) is 4.77. The molecule has 1 rings (SSSR count). The van der Waals surface area contributed by atoms with E-state index in [9.17, 15) is 4.79 Å². The Bertz CT molecular complexity index is 195. The highest BCUT2D eigenvalue weighted by atomic mass is 32.2. The Balaban J connectivity index is 2.14. The van der Waals surface area contributed by atoms with Crippen LogP contribution in [0.1, 0.15) is 26.2 Å². The zero-order chi connectivity index (χ0) is 11.1. The third kappa shape index (κ3) is 4.86. The smallest absolute Gasteiger partial charge is 0.365 e. The second-order valence-electron chi connectivity index (χ2n) is 3.58. The third-order valence-corrected chi connectivity index (χ3v) is 3.58. The summed E-state index contributed by atoms with van der Waals surface area (Å²) >= 11 is 1.67. The van der Waals surface area contributed by atoms with Crippen molar-refractivity contribution in [3.05, 3.63) is 0 Å². The maximum absolute atomic E-state index is 11.3. The minimum Gasteiger partial charge on any atom is -0.462 e. The van der Waals surface area contributed by atoms with Gasteiger partial charge in [-0.05, 0) is 26.2 Å². The molecule has 15 heavy (non-hydrogen) atoms. The summed E-state index contributed by atoms with van der Waals surface area (Å²) in [5.74, 6) is 0.476. The van der Waals surface area contributed by atoms with Crippen LogP contribution in [0, 0.1) is 0 Å². The van der Waals surface area contributed by atoms with Gasteiger partial charge in [0.2, 0.25) is 0 Å². The van der Waals surface area contributed by atoms with Gasteiger partial charge in [0.15, 0.2) is 6.04 Å². The van der Waals surface area contributed by atoms with E-state index in [1.165, 1.54) is 6.42 Å². The molecule has 0 amide bonds. The number of ether oxygens (including phenoxy) is 2. The van der Waals surface area contributed by atoms with E-state index < -0.39 is 0 Å². The van der Waals surface area contributed by atoms with Gasteiger partial charge >= 0.3 is 5.97 Å². The molecule has 88 valence electrons. The Labute approximate surface area is 94.9 Å². The van der Waals surface area contributed by atoms with Crippen LogP contribution in [0.15, 0.2) is 0 Å². The van der Waals surface area contributed by atoms with Crippen molar-refractivity contribution >= 4 is 17.7 Å². The molecule has 1 fully saturated rings. The van der Waals surface area contributed by atoms with Crippen molar-refractivity contribution < 1.29 is 20.0 Å². The summed E-state index contributed by atoms with van der Waals surface area (Å²) in [7, 11) is 0. The molecule has 0 bridgehead atoms.